The minimum atomic E-state index is -0.628. The zero-order valence-corrected chi connectivity index (χ0v) is 15.7. The molecular weight excluding hydrogens is 353 g/mol. The molecule has 0 fully saturated rings. The number of hydrogen-bond donors (Lipinski definition) is 2. The number of aryl methyl sites for hydroxylation is 2. The van der Waals surface area contributed by atoms with Gasteiger partial charge in [0.05, 0.1) is 17.3 Å². The zero-order chi connectivity index (χ0) is 19.7. The number of carbonyl (C=O) groups excluding carboxylic acids is 1. The smallest absolute Gasteiger partial charge is 0.254 e. The largest absolute Gasteiger partial charge is 0.354 e. The Balaban J connectivity index is 1.69. The molecule has 4 nitrogen and oxygen atoms in total. The van der Waals surface area contributed by atoms with Gasteiger partial charge in [-0.05, 0) is 42.7 Å². The first-order valence-electron chi connectivity index (χ1n) is 9.09. The van der Waals surface area contributed by atoms with Crippen LogP contribution in [0.3, 0.4) is 0 Å². The summed E-state index contributed by atoms with van der Waals surface area (Å²) in [6.45, 7) is 4.42. The Morgan fingerprint density at radius 2 is 1.93 bits per heavy atom. The number of benzene rings is 2. The number of halogens is 1. The van der Waals surface area contributed by atoms with Crippen molar-refractivity contribution >= 4 is 16.8 Å². The Kier molecular flexibility index (Phi) is 4.65. The van der Waals surface area contributed by atoms with Gasteiger partial charge in [0, 0.05) is 23.8 Å². The molecule has 0 aliphatic rings. The number of aromatic nitrogens is 2. The fourth-order valence-corrected chi connectivity index (χ4v) is 3.52. The number of amides is 1. The first-order chi connectivity index (χ1) is 13.5. The molecule has 28 heavy (non-hydrogen) atoms. The average molecular weight is 373 g/mol. The average Bonchev–Trinajstić information content (AvgIpc) is 3.03. The number of carbonyl (C=O) groups is 1. The van der Waals surface area contributed by atoms with Crippen molar-refractivity contribution in [1.29, 1.82) is 0 Å². The molecule has 0 bridgehead atoms. The summed E-state index contributed by atoms with van der Waals surface area (Å²) in [4.78, 5) is 19.6. The van der Waals surface area contributed by atoms with Crippen LogP contribution in [-0.4, -0.2) is 15.9 Å². The number of rotatable bonds is 4. The first kappa shape index (κ1) is 17.9. The van der Waals surface area contributed by atoms with Crippen molar-refractivity contribution in [3.8, 4) is 11.3 Å². The highest BCUT2D eigenvalue weighted by molar-refractivity contribution is 5.95. The number of fused-ring (bicyclic) bond motifs is 1. The Labute approximate surface area is 162 Å². The van der Waals surface area contributed by atoms with Crippen molar-refractivity contribution in [2.75, 3.05) is 0 Å². The van der Waals surface area contributed by atoms with E-state index in [4.69, 9.17) is 0 Å². The highest BCUT2D eigenvalue weighted by atomic mass is 19.1. The zero-order valence-electron chi connectivity index (χ0n) is 15.7. The third-order valence-electron chi connectivity index (χ3n) is 4.91. The van der Waals surface area contributed by atoms with E-state index >= 15 is 0 Å². The second kappa shape index (κ2) is 7.27. The van der Waals surface area contributed by atoms with Gasteiger partial charge >= 0.3 is 0 Å². The minimum Gasteiger partial charge on any atom is -0.354 e. The van der Waals surface area contributed by atoms with Gasteiger partial charge in [0.25, 0.3) is 5.91 Å². The third-order valence-corrected chi connectivity index (χ3v) is 4.91. The molecule has 2 heterocycles. The molecule has 4 rings (SSSR count). The fourth-order valence-electron chi connectivity index (χ4n) is 3.52. The summed E-state index contributed by atoms with van der Waals surface area (Å²) in [5.41, 5.74) is 6.38. The van der Waals surface area contributed by atoms with Gasteiger partial charge in [-0.2, -0.15) is 0 Å². The van der Waals surface area contributed by atoms with E-state index in [0.29, 0.717) is 6.54 Å². The molecule has 0 unspecified atom stereocenters. The molecule has 2 N–H and O–H groups in total. The first-order valence-corrected chi connectivity index (χ1v) is 9.09. The Bertz CT molecular complexity index is 1170. The molecule has 0 saturated heterocycles. The lowest BCUT2D eigenvalue weighted by Crippen LogP contribution is -2.24. The van der Waals surface area contributed by atoms with Gasteiger partial charge in [-0.25, -0.2) is 4.39 Å². The summed E-state index contributed by atoms with van der Waals surface area (Å²) in [7, 11) is 0. The van der Waals surface area contributed by atoms with Crippen molar-refractivity contribution in [3.63, 3.8) is 0 Å². The summed E-state index contributed by atoms with van der Waals surface area (Å²) >= 11 is 0. The van der Waals surface area contributed by atoms with E-state index in [-0.39, 0.29) is 5.56 Å². The van der Waals surface area contributed by atoms with Gasteiger partial charge < -0.3 is 10.3 Å². The highest BCUT2D eigenvalue weighted by Gasteiger charge is 2.15. The maximum Gasteiger partial charge on any atom is 0.254 e. The minimum absolute atomic E-state index is 0.00784. The van der Waals surface area contributed by atoms with Crippen LogP contribution >= 0.6 is 0 Å². The SMILES string of the molecule is Cc1cc(CNC(=O)c2ccncc2F)c2[nH]c(-c3ccccc3)c(C)c2c1. The van der Waals surface area contributed by atoms with Crippen LogP contribution in [0.5, 0.6) is 0 Å². The molecule has 2 aromatic heterocycles. The normalized spacial score (nSPS) is 11.0. The number of nitrogens with zero attached hydrogens (tertiary/aromatic N) is 1. The van der Waals surface area contributed by atoms with E-state index in [0.717, 1.165) is 45.0 Å². The second-order valence-corrected chi connectivity index (χ2v) is 6.88. The summed E-state index contributed by atoms with van der Waals surface area (Å²) < 4.78 is 13.8. The van der Waals surface area contributed by atoms with Crippen molar-refractivity contribution < 1.29 is 9.18 Å². The van der Waals surface area contributed by atoms with Crippen LogP contribution in [0.15, 0.2) is 60.9 Å². The van der Waals surface area contributed by atoms with Crippen molar-refractivity contribution in [1.82, 2.24) is 15.3 Å². The van der Waals surface area contributed by atoms with Gasteiger partial charge in [0.1, 0.15) is 0 Å². The summed E-state index contributed by atoms with van der Waals surface area (Å²) in [5, 5.41) is 3.94. The predicted molar refractivity (Wildman–Crippen MR) is 109 cm³/mol. The Morgan fingerprint density at radius 1 is 1.14 bits per heavy atom. The monoisotopic (exact) mass is 373 g/mol. The van der Waals surface area contributed by atoms with Crippen LogP contribution in [0.4, 0.5) is 4.39 Å². The lowest BCUT2D eigenvalue weighted by molar-refractivity contribution is 0.0947. The predicted octanol–water partition coefficient (Wildman–Crippen LogP) is 4.92. The van der Waals surface area contributed by atoms with Crippen molar-refractivity contribution in [2.45, 2.75) is 20.4 Å². The quantitative estimate of drug-likeness (QED) is 0.534. The molecule has 4 aromatic rings. The molecule has 0 radical (unpaired) electrons. The third kappa shape index (κ3) is 3.27. The van der Waals surface area contributed by atoms with E-state index < -0.39 is 11.7 Å². The van der Waals surface area contributed by atoms with Gasteiger partial charge in [0.15, 0.2) is 5.82 Å². The van der Waals surface area contributed by atoms with Gasteiger partial charge in [-0.1, -0.05) is 42.0 Å². The number of aromatic amines is 1. The molecule has 0 saturated carbocycles. The summed E-state index contributed by atoms with van der Waals surface area (Å²) in [6.07, 6.45) is 2.45. The van der Waals surface area contributed by atoms with E-state index in [1.807, 2.05) is 31.2 Å². The number of hydrogen-bond acceptors (Lipinski definition) is 2. The Morgan fingerprint density at radius 3 is 2.68 bits per heavy atom. The van der Waals surface area contributed by atoms with Crippen LogP contribution in [0.1, 0.15) is 27.0 Å². The van der Waals surface area contributed by atoms with Crippen molar-refractivity contribution in [2.24, 2.45) is 0 Å². The van der Waals surface area contributed by atoms with E-state index in [1.165, 1.54) is 12.3 Å². The Hall–Kier alpha value is -3.47. The number of nitrogens with one attached hydrogen (secondary N) is 2. The molecule has 2 aromatic carbocycles. The van der Waals surface area contributed by atoms with Crippen LogP contribution in [-0.2, 0) is 6.54 Å². The summed E-state index contributed by atoms with van der Waals surface area (Å²) in [6, 6.07) is 15.7. The highest BCUT2D eigenvalue weighted by Crippen LogP contribution is 2.32. The molecule has 0 spiro atoms. The second-order valence-electron chi connectivity index (χ2n) is 6.88. The lowest BCUT2D eigenvalue weighted by Gasteiger charge is -2.08. The maximum absolute atomic E-state index is 13.8. The summed E-state index contributed by atoms with van der Waals surface area (Å²) in [5.74, 6) is -1.09. The number of H-pyrrole nitrogens is 1. The molecule has 0 aliphatic heterocycles. The van der Waals surface area contributed by atoms with E-state index in [2.05, 4.69) is 40.4 Å². The maximum atomic E-state index is 13.8. The molecule has 0 aliphatic carbocycles. The van der Waals surface area contributed by atoms with Gasteiger partial charge in [0.2, 0.25) is 0 Å². The van der Waals surface area contributed by atoms with Gasteiger partial charge in [-0.15, -0.1) is 0 Å². The molecular formula is C23H20FN3O. The molecule has 1 amide bonds. The van der Waals surface area contributed by atoms with Crippen LogP contribution in [0, 0.1) is 19.7 Å². The van der Waals surface area contributed by atoms with Crippen molar-refractivity contribution in [3.05, 3.63) is 89.0 Å². The molecule has 5 heteroatoms. The van der Waals surface area contributed by atoms with Gasteiger partial charge in [-0.3, -0.25) is 9.78 Å². The van der Waals surface area contributed by atoms with E-state index in [9.17, 15) is 9.18 Å². The standard InChI is InChI=1S/C23H20FN3O/c1-14-10-17(12-26-23(28)18-8-9-25-13-20(18)24)22-19(11-14)15(2)21(27-22)16-6-4-3-5-7-16/h3-11,13,27H,12H2,1-2H3,(H,26,28). The topological polar surface area (TPSA) is 57.8 Å². The van der Waals surface area contributed by atoms with Crippen LogP contribution < -0.4 is 5.32 Å². The van der Waals surface area contributed by atoms with E-state index in [1.54, 1.807) is 0 Å². The fraction of sp³-hybridized carbons (Fsp3) is 0.130. The van der Waals surface area contributed by atoms with Crippen LogP contribution in [0.2, 0.25) is 0 Å². The lowest BCUT2D eigenvalue weighted by atomic mass is 10.0. The number of pyridine rings is 1. The molecule has 140 valence electrons. The molecule has 0 atom stereocenters. The van der Waals surface area contributed by atoms with Crippen LogP contribution in [0.25, 0.3) is 22.2 Å².